The second-order valence-corrected chi connectivity index (χ2v) is 4.29. The van der Waals surface area contributed by atoms with E-state index in [0.29, 0.717) is 19.1 Å². The molecule has 0 atom stereocenters. The number of nitrogens with one attached hydrogen (secondary N) is 1. The van der Waals surface area contributed by atoms with Gasteiger partial charge in [0.2, 0.25) is 5.91 Å². The molecule has 2 N–H and O–H groups in total. The zero-order chi connectivity index (χ0) is 13.3. The van der Waals surface area contributed by atoms with Crippen LogP contribution in [0.4, 0.5) is 0 Å². The zero-order valence-electron chi connectivity index (χ0n) is 10.7. The lowest BCUT2D eigenvalue weighted by Crippen LogP contribution is -2.41. The molecule has 0 saturated carbocycles. The number of carbonyl (C=O) groups is 2. The van der Waals surface area contributed by atoms with Gasteiger partial charge in [-0.25, -0.2) is 0 Å². The highest BCUT2D eigenvalue weighted by atomic mass is 16.5. The average molecular weight is 246 g/mol. The molecule has 0 aliphatic heterocycles. The summed E-state index contributed by atoms with van der Waals surface area (Å²) in [5, 5.41) is 10.8. The third kappa shape index (κ3) is 9.77. The van der Waals surface area contributed by atoms with Gasteiger partial charge in [0, 0.05) is 20.2 Å². The second kappa shape index (κ2) is 8.95. The topological polar surface area (TPSA) is 78.9 Å². The van der Waals surface area contributed by atoms with Gasteiger partial charge in [-0.15, -0.1) is 0 Å². The Balaban J connectivity index is 4.02. The first-order valence-corrected chi connectivity index (χ1v) is 5.65. The number of hydrogen-bond acceptors (Lipinski definition) is 4. The number of carboxylic acids is 1. The molecule has 0 rings (SSSR count). The van der Waals surface area contributed by atoms with Crippen molar-refractivity contribution in [1.29, 1.82) is 0 Å². The molecule has 0 saturated heterocycles. The Kier molecular flexibility index (Phi) is 8.35. The number of nitrogens with zero attached hydrogens (tertiary/aromatic N) is 1. The predicted molar refractivity (Wildman–Crippen MR) is 63.8 cm³/mol. The highest BCUT2D eigenvalue weighted by molar-refractivity contribution is 5.82. The first-order valence-electron chi connectivity index (χ1n) is 5.65. The highest BCUT2D eigenvalue weighted by Crippen LogP contribution is 1.98. The number of methoxy groups -OCH3 is 1. The lowest BCUT2D eigenvalue weighted by molar-refractivity contribution is -0.138. The van der Waals surface area contributed by atoms with Gasteiger partial charge in [0.05, 0.1) is 13.2 Å². The van der Waals surface area contributed by atoms with Crippen molar-refractivity contribution in [1.82, 2.24) is 10.2 Å². The van der Waals surface area contributed by atoms with Crippen LogP contribution in [0.25, 0.3) is 0 Å². The first-order chi connectivity index (χ1) is 7.95. The van der Waals surface area contributed by atoms with Crippen molar-refractivity contribution in [2.24, 2.45) is 5.92 Å². The van der Waals surface area contributed by atoms with Crippen molar-refractivity contribution in [3.63, 3.8) is 0 Å². The largest absolute Gasteiger partial charge is 0.480 e. The van der Waals surface area contributed by atoms with E-state index in [1.165, 1.54) is 0 Å². The number of carboxylic acid groups (broad SMARTS) is 1. The van der Waals surface area contributed by atoms with Crippen LogP contribution in [-0.2, 0) is 14.3 Å². The summed E-state index contributed by atoms with van der Waals surface area (Å²) in [4.78, 5) is 23.7. The Bertz CT molecular complexity index is 244. The minimum Gasteiger partial charge on any atom is -0.480 e. The first kappa shape index (κ1) is 15.9. The Hall–Kier alpha value is -1.14. The molecule has 1 amide bonds. The maximum atomic E-state index is 11.4. The van der Waals surface area contributed by atoms with Gasteiger partial charge in [0.15, 0.2) is 0 Å². The van der Waals surface area contributed by atoms with E-state index < -0.39 is 5.97 Å². The van der Waals surface area contributed by atoms with Crippen LogP contribution in [-0.4, -0.2) is 61.8 Å². The fraction of sp³-hybridized carbons (Fsp3) is 0.818. The van der Waals surface area contributed by atoms with Gasteiger partial charge in [-0.05, 0) is 5.92 Å². The molecule has 0 bridgehead atoms. The standard InChI is InChI=1S/C11H22N2O4/c1-9(2)7-13(4-5-17-3)8-10(14)12-6-11(15)16/h9H,4-8H2,1-3H3,(H,12,14)(H,15,16). The normalized spacial score (nSPS) is 10.9. The monoisotopic (exact) mass is 246 g/mol. The number of ether oxygens (including phenoxy) is 1. The van der Waals surface area contributed by atoms with Gasteiger partial charge < -0.3 is 15.2 Å². The van der Waals surface area contributed by atoms with E-state index >= 15 is 0 Å². The lowest BCUT2D eigenvalue weighted by atomic mass is 10.2. The molecular weight excluding hydrogens is 224 g/mol. The van der Waals surface area contributed by atoms with Gasteiger partial charge in [0.1, 0.15) is 6.54 Å². The maximum absolute atomic E-state index is 11.4. The van der Waals surface area contributed by atoms with Crippen LogP contribution in [0.5, 0.6) is 0 Å². The Morgan fingerprint density at radius 2 is 2.06 bits per heavy atom. The van der Waals surface area contributed by atoms with Crippen LogP contribution in [0.1, 0.15) is 13.8 Å². The Morgan fingerprint density at radius 1 is 1.41 bits per heavy atom. The minimum atomic E-state index is -1.04. The van der Waals surface area contributed by atoms with Crippen LogP contribution in [0.15, 0.2) is 0 Å². The van der Waals surface area contributed by atoms with Crippen LogP contribution < -0.4 is 5.32 Å². The minimum absolute atomic E-state index is 0.203. The predicted octanol–water partition coefficient (Wildman–Crippen LogP) is -0.208. The SMILES string of the molecule is COCCN(CC(=O)NCC(=O)O)CC(C)C. The van der Waals surface area contributed by atoms with Crippen LogP contribution >= 0.6 is 0 Å². The van der Waals surface area contributed by atoms with Gasteiger partial charge >= 0.3 is 5.97 Å². The van der Waals surface area contributed by atoms with E-state index in [0.717, 1.165) is 6.54 Å². The van der Waals surface area contributed by atoms with Crippen molar-refractivity contribution < 1.29 is 19.4 Å². The number of aliphatic carboxylic acids is 1. The summed E-state index contributed by atoms with van der Waals surface area (Å²) in [5.74, 6) is -0.867. The van der Waals surface area contributed by atoms with E-state index in [-0.39, 0.29) is 19.0 Å². The molecule has 0 aromatic carbocycles. The quantitative estimate of drug-likeness (QED) is 0.588. The molecule has 6 nitrogen and oxygen atoms in total. The van der Waals surface area contributed by atoms with Crippen LogP contribution in [0.3, 0.4) is 0 Å². The van der Waals surface area contributed by atoms with Crippen molar-refractivity contribution in [2.45, 2.75) is 13.8 Å². The molecule has 0 aliphatic rings. The van der Waals surface area contributed by atoms with Crippen molar-refractivity contribution >= 4 is 11.9 Å². The number of amides is 1. The molecule has 0 spiro atoms. The van der Waals surface area contributed by atoms with Gasteiger partial charge in [-0.2, -0.15) is 0 Å². The summed E-state index contributed by atoms with van der Waals surface area (Å²) in [7, 11) is 1.61. The fourth-order valence-electron chi connectivity index (χ4n) is 1.40. The summed E-state index contributed by atoms with van der Waals surface area (Å²) in [6, 6.07) is 0. The van der Waals surface area contributed by atoms with Crippen LogP contribution in [0.2, 0.25) is 0 Å². The van der Waals surface area contributed by atoms with Crippen molar-refractivity contribution in [3.05, 3.63) is 0 Å². The molecule has 0 aromatic heterocycles. The molecule has 0 aromatic rings. The third-order valence-corrected chi connectivity index (χ3v) is 2.04. The highest BCUT2D eigenvalue weighted by Gasteiger charge is 2.12. The second-order valence-electron chi connectivity index (χ2n) is 4.29. The molecule has 0 heterocycles. The van der Waals surface area contributed by atoms with E-state index in [9.17, 15) is 9.59 Å². The number of carbonyl (C=O) groups excluding carboxylic acids is 1. The van der Waals surface area contributed by atoms with E-state index in [1.54, 1.807) is 7.11 Å². The molecule has 6 heteroatoms. The average Bonchev–Trinajstić information content (AvgIpc) is 2.22. The molecule has 17 heavy (non-hydrogen) atoms. The molecule has 0 aliphatic carbocycles. The molecule has 0 fully saturated rings. The fourth-order valence-corrected chi connectivity index (χ4v) is 1.40. The molecule has 0 radical (unpaired) electrons. The Labute approximate surface area is 102 Å². The summed E-state index contributed by atoms with van der Waals surface area (Å²) in [5.41, 5.74) is 0. The van der Waals surface area contributed by atoms with Gasteiger partial charge in [-0.3, -0.25) is 14.5 Å². The van der Waals surface area contributed by atoms with Gasteiger partial charge in [-0.1, -0.05) is 13.8 Å². The van der Waals surface area contributed by atoms with E-state index in [1.807, 2.05) is 4.90 Å². The Morgan fingerprint density at radius 3 is 2.53 bits per heavy atom. The maximum Gasteiger partial charge on any atom is 0.322 e. The smallest absolute Gasteiger partial charge is 0.322 e. The summed E-state index contributed by atoms with van der Waals surface area (Å²) < 4.78 is 4.97. The third-order valence-electron chi connectivity index (χ3n) is 2.04. The van der Waals surface area contributed by atoms with E-state index in [2.05, 4.69) is 19.2 Å². The molecular formula is C11H22N2O4. The van der Waals surface area contributed by atoms with E-state index in [4.69, 9.17) is 9.84 Å². The van der Waals surface area contributed by atoms with Gasteiger partial charge in [0.25, 0.3) is 0 Å². The molecule has 100 valence electrons. The molecule has 0 unspecified atom stereocenters. The summed E-state index contributed by atoms with van der Waals surface area (Å²) in [6.07, 6.45) is 0. The number of rotatable bonds is 9. The number of hydrogen-bond donors (Lipinski definition) is 2. The summed E-state index contributed by atoms with van der Waals surface area (Å²) >= 11 is 0. The summed E-state index contributed by atoms with van der Waals surface area (Å²) in [6.45, 7) is 6.00. The van der Waals surface area contributed by atoms with Crippen molar-refractivity contribution in [3.8, 4) is 0 Å². The van der Waals surface area contributed by atoms with Crippen LogP contribution in [0, 0.1) is 5.92 Å². The van der Waals surface area contributed by atoms with Crippen molar-refractivity contribution in [2.75, 3.05) is 39.9 Å². The zero-order valence-corrected chi connectivity index (χ0v) is 10.7. The lowest BCUT2D eigenvalue weighted by Gasteiger charge is -2.23.